The molecule has 0 radical (unpaired) electrons. The van der Waals surface area contributed by atoms with Crippen LogP contribution in [0.5, 0.6) is 0 Å². The molecular formula is C3H8N3O3P. The fourth-order valence-corrected chi connectivity index (χ4v) is 0.267. The zero-order valence-electron chi connectivity index (χ0n) is 4.98. The Kier molecular flexibility index (Phi) is 4.57. The molecule has 0 saturated carbocycles. The summed E-state index contributed by atoms with van der Waals surface area (Å²) in [6, 6.07) is 0. The lowest BCUT2D eigenvalue weighted by Crippen LogP contribution is -1.79. The molecule has 58 valence electrons. The van der Waals surface area contributed by atoms with Gasteiger partial charge in [-0.05, 0) is 0 Å². The minimum absolute atomic E-state index is 0.606. The number of aromatic amines is 1. The molecule has 6 nitrogen and oxygen atoms in total. The van der Waals surface area contributed by atoms with Crippen LogP contribution >= 0.6 is 8.25 Å². The molecule has 1 rings (SSSR count). The number of H-pyrrole nitrogens is 1. The second kappa shape index (κ2) is 4.99. The van der Waals surface area contributed by atoms with Gasteiger partial charge in [-0.2, -0.15) is 0 Å². The summed E-state index contributed by atoms with van der Waals surface area (Å²) in [5.74, 6) is 0.606. The maximum Gasteiger partial charge on any atom is 0.314 e. The Hall–Kier alpha value is -0.840. The third kappa shape index (κ3) is 7.16. The minimum atomic E-state index is -3.13. The van der Waals surface area contributed by atoms with Gasteiger partial charge in [-0.3, -0.25) is 4.57 Å². The lowest BCUT2D eigenvalue weighted by atomic mass is 10.8. The van der Waals surface area contributed by atoms with Crippen LogP contribution < -0.4 is 5.73 Å². The Morgan fingerprint density at radius 2 is 2.20 bits per heavy atom. The summed E-state index contributed by atoms with van der Waals surface area (Å²) in [6.45, 7) is 0. The number of aromatic nitrogens is 2. The molecule has 0 aliphatic rings. The Morgan fingerprint density at radius 1 is 1.70 bits per heavy atom. The summed E-state index contributed by atoms with van der Waals surface area (Å²) in [4.78, 5) is 20.6. The average Bonchev–Trinajstić information content (AvgIpc) is 2.15. The summed E-state index contributed by atoms with van der Waals surface area (Å²) in [7, 11) is -3.13. The molecule has 1 heterocycles. The zero-order valence-corrected chi connectivity index (χ0v) is 5.98. The molecule has 1 aromatic heterocycles. The predicted molar refractivity (Wildman–Crippen MR) is 36.4 cm³/mol. The van der Waals surface area contributed by atoms with Gasteiger partial charge in [0, 0.05) is 0 Å². The summed E-state index contributed by atoms with van der Waals surface area (Å²) in [5.41, 5.74) is 5.16. The van der Waals surface area contributed by atoms with Crippen LogP contribution in [0, 0.1) is 0 Å². The molecule has 0 fully saturated rings. The molecule has 0 aromatic carbocycles. The maximum absolute atomic E-state index is 8.74. The van der Waals surface area contributed by atoms with Crippen LogP contribution in [0.25, 0.3) is 0 Å². The monoisotopic (exact) mass is 165 g/mol. The Bertz CT molecular complexity index is 183. The van der Waals surface area contributed by atoms with Gasteiger partial charge in [-0.15, -0.1) is 0 Å². The van der Waals surface area contributed by atoms with E-state index in [0.29, 0.717) is 5.82 Å². The second-order valence-electron chi connectivity index (χ2n) is 1.29. The Labute approximate surface area is 57.7 Å². The minimum Gasteiger partial charge on any atom is -0.384 e. The van der Waals surface area contributed by atoms with Gasteiger partial charge < -0.3 is 20.5 Å². The average molecular weight is 165 g/mol. The van der Waals surface area contributed by atoms with Gasteiger partial charge in [0.25, 0.3) is 0 Å². The van der Waals surface area contributed by atoms with Crippen LogP contribution in [0.4, 0.5) is 5.82 Å². The van der Waals surface area contributed by atoms with E-state index in [1.54, 1.807) is 6.20 Å². The number of nitrogen functional groups attached to an aromatic ring is 1. The van der Waals surface area contributed by atoms with Crippen LogP contribution in [-0.2, 0) is 4.57 Å². The highest BCUT2D eigenvalue weighted by atomic mass is 31.1. The van der Waals surface area contributed by atoms with Gasteiger partial charge >= 0.3 is 8.25 Å². The molecule has 0 atom stereocenters. The predicted octanol–water partition coefficient (Wildman–Crippen LogP) is -0.647. The summed E-state index contributed by atoms with van der Waals surface area (Å²) in [5, 5.41) is 0. The number of nitrogens with zero attached hydrogens (tertiary/aromatic N) is 1. The van der Waals surface area contributed by atoms with Crippen molar-refractivity contribution in [1.82, 2.24) is 9.97 Å². The van der Waals surface area contributed by atoms with E-state index in [1.807, 2.05) is 0 Å². The molecule has 0 amide bonds. The fourth-order valence-electron chi connectivity index (χ4n) is 0.267. The number of anilines is 1. The highest BCUT2D eigenvalue weighted by Crippen LogP contribution is 1.98. The summed E-state index contributed by atoms with van der Waals surface area (Å²) in [6.07, 6.45) is 3.09. The maximum atomic E-state index is 8.74. The Balaban J connectivity index is 0.000000180. The van der Waals surface area contributed by atoms with E-state index >= 15 is 0 Å². The van der Waals surface area contributed by atoms with Crippen molar-refractivity contribution in [2.75, 3.05) is 5.73 Å². The quantitative estimate of drug-likeness (QED) is 0.381. The molecular weight excluding hydrogens is 157 g/mol. The van der Waals surface area contributed by atoms with Crippen LogP contribution in [0.1, 0.15) is 0 Å². The van der Waals surface area contributed by atoms with Crippen LogP contribution in [0.15, 0.2) is 12.5 Å². The van der Waals surface area contributed by atoms with Crippen molar-refractivity contribution < 1.29 is 14.4 Å². The third-order valence-electron chi connectivity index (χ3n) is 0.519. The smallest absolute Gasteiger partial charge is 0.314 e. The normalized spacial score (nSPS) is 8.70. The van der Waals surface area contributed by atoms with Crippen molar-refractivity contribution >= 4 is 14.1 Å². The van der Waals surface area contributed by atoms with Gasteiger partial charge in [0.05, 0.1) is 12.5 Å². The van der Waals surface area contributed by atoms with Gasteiger partial charge in [0.15, 0.2) is 0 Å². The van der Waals surface area contributed by atoms with Crippen LogP contribution in [0.3, 0.4) is 0 Å². The molecule has 0 bridgehead atoms. The molecule has 0 aliphatic carbocycles. The summed E-state index contributed by atoms with van der Waals surface area (Å²) < 4.78 is 8.74. The van der Waals surface area contributed by atoms with Crippen molar-refractivity contribution in [1.29, 1.82) is 0 Å². The van der Waals surface area contributed by atoms with Gasteiger partial charge in [-0.25, -0.2) is 4.98 Å². The van der Waals surface area contributed by atoms with E-state index < -0.39 is 8.25 Å². The lowest BCUT2D eigenvalue weighted by molar-refractivity contribution is 0.405. The van der Waals surface area contributed by atoms with E-state index in [2.05, 4.69) is 9.97 Å². The highest BCUT2D eigenvalue weighted by molar-refractivity contribution is 7.30. The molecule has 0 unspecified atom stereocenters. The molecule has 1 aromatic rings. The number of hydrogen-bond acceptors (Lipinski definition) is 3. The number of imidazole rings is 1. The zero-order chi connectivity index (χ0) is 7.98. The molecule has 0 spiro atoms. The fraction of sp³-hybridized carbons (Fsp3) is 0. The topological polar surface area (TPSA) is 112 Å². The van der Waals surface area contributed by atoms with Crippen molar-refractivity contribution in [3.63, 3.8) is 0 Å². The summed E-state index contributed by atoms with van der Waals surface area (Å²) >= 11 is 0. The molecule has 10 heavy (non-hydrogen) atoms. The molecule has 0 aliphatic heterocycles. The number of hydrogen-bond donors (Lipinski definition) is 4. The number of nitrogens with two attached hydrogens (primary N) is 1. The van der Waals surface area contributed by atoms with E-state index in [9.17, 15) is 0 Å². The van der Waals surface area contributed by atoms with Gasteiger partial charge in [0.1, 0.15) is 5.82 Å². The first-order chi connectivity index (χ1) is 4.63. The third-order valence-corrected chi connectivity index (χ3v) is 0.519. The van der Waals surface area contributed by atoms with E-state index in [-0.39, 0.29) is 0 Å². The van der Waals surface area contributed by atoms with E-state index in [4.69, 9.17) is 20.1 Å². The van der Waals surface area contributed by atoms with Crippen molar-refractivity contribution in [3.05, 3.63) is 12.5 Å². The van der Waals surface area contributed by atoms with Crippen molar-refractivity contribution in [2.45, 2.75) is 0 Å². The molecule has 0 saturated heterocycles. The molecule has 5 N–H and O–H groups in total. The highest BCUT2D eigenvalue weighted by Gasteiger charge is 1.74. The number of rotatable bonds is 0. The SMILES string of the molecule is Nc1cnc[nH]1.O=[PH](O)O. The van der Waals surface area contributed by atoms with Crippen LogP contribution in [0.2, 0.25) is 0 Å². The standard InChI is InChI=1S/C3H5N3.H3O3P/c4-3-1-5-2-6-3;1-4(2)3/h1-2H,4H2,(H,5,6);4H,(H2,1,2,3). The van der Waals surface area contributed by atoms with Crippen molar-refractivity contribution in [2.24, 2.45) is 0 Å². The molecule has 7 heteroatoms. The largest absolute Gasteiger partial charge is 0.384 e. The van der Waals surface area contributed by atoms with Crippen LogP contribution in [-0.4, -0.2) is 19.8 Å². The van der Waals surface area contributed by atoms with Gasteiger partial charge in [-0.1, -0.05) is 0 Å². The first kappa shape index (κ1) is 9.16. The lowest BCUT2D eigenvalue weighted by Gasteiger charge is -1.70. The first-order valence-electron chi connectivity index (χ1n) is 2.28. The Morgan fingerprint density at radius 3 is 2.30 bits per heavy atom. The van der Waals surface area contributed by atoms with E-state index in [1.165, 1.54) is 6.33 Å². The second-order valence-corrected chi connectivity index (χ2v) is 1.85. The van der Waals surface area contributed by atoms with Gasteiger partial charge in [0.2, 0.25) is 0 Å². The van der Waals surface area contributed by atoms with E-state index in [0.717, 1.165) is 0 Å². The first-order valence-corrected chi connectivity index (χ1v) is 3.59. The number of nitrogens with one attached hydrogen (secondary N) is 1. The van der Waals surface area contributed by atoms with Crippen molar-refractivity contribution in [3.8, 4) is 0 Å².